The summed E-state index contributed by atoms with van der Waals surface area (Å²) in [7, 11) is 0. The number of rotatable bonds is 6. The van der Waals surface area contributed by atoms with Gasteiger partial charge in [0.25, 0.3) is 0 Å². The van der Waals surface area contributed by atoms with Crippen LogP contribution in [-0.4, -0.2) is 31.1 Å². The van der Waals surface area contributed by atoms with Crippen LogP contribution in [0.4, 0.5) is 24.8 Å². The second-order valence-electron chi connectivity index (χ2n) is 12.1. The van der Waals surface area contributed by atoms with Gasteiger partial charge >= 0.3 is 12.1 Å². The second-order valence-corrected chi connectivity index (χ2v) is 13.1. The number of halogens is 3. The summed E-state index contributed by atoms with van der Waals surface area (Å²) in [5.41, 5.74) is -0.984. The van der Waals surface area contributed by atoms with Gasteiger partial charge in [0.1, 0.15) is 16.3 Å². The molecule has 1 fully saturated rings. The normalized spacial score (nSPS) is 21.5. The predicted octanol–water partition coefficient (Wildman–Crippen LogP) is 7.52. The zero-order chi connectivity index (χ0) is 29.5. The summed E-state index contributed by atoms with van der Waals surface area (Å²) in [5, 5.41) is 24.5. The maximum Gasteiger partial charge on any atom is 0.433 e. The fraction of sp³-hybridized carbons (Fsp3) is 0.448. The molecule has 7 nitrogen and oxygen atoms in total. The van der Waals surface area contributed by atoms with E-state index in [1.807, 2.05) is 32.1 Å². The van der Waals surface area contributed by atoms with Crippen molar-refractivity contribution in [1.29, 1.82) is 0 Å². The molecule has 0 spiro atoms. The largest absolute Gasteiger partial charge is 0.481 e. The van der Waals surface area contributed by atoms with Gasteiger partial charge in [-0.25, -0.2) is 15.0 Å². The van der Waals surface area contributed by atoms with Gasteiger partial charge in [-0.3, -0.25) is 4.79 Å². The minimum absolute atomic E-state index is 0.101. The van der Waals surface area contributed by atoms with E-state index in [1.165, 1.54) is 11.3 Å². The van der Waals surface area contributed by atoms with Crippen LogP contribution in [0.15, 0.2) is 42.7 Å². The van der Waals surface area contributed by atoms with Crippen LogP contribution in [0.3, 0.4) is 0 Å². The van der Waals surface area contributed by atoms with Crippen molar-refractivity contribution in [1.82, 2.24) is 15.0 Å². The number of nitrogens with one attached hydrogen (secondary N) is 1. The zero-order valence-electron chi connectivity index (χ0n) is 23.0. The average molecular weight is 575 g/mol. The van der Waals surface area contributed by atoms with E-state index >= 15 is 0 Å². The van der Waals surface area contributed by atoms with E-state index in [-0.39, 0.29) is 24.2 Å². The SMILES string of the molecule is CC(C)(C)/C=C\c1cc(Nc2nccc(C(F)(F)F)n2)cc(-c2cnc([C@@]3(O)CC[C@@H](C(=O)O)C(C)(C)C3)s2)c1. The van der Waals surface area contributed by atoms with Gasteiger partial charge in [0.15, 0.2) is 0 Å². The first-order chi connectivity index (χ1) is 18.5. The van der Waals surface area contributed by atoms with Crippen LogP contribution in [0.5, 0.6) is 0 Å². The van der Waals surface area contributed by atoms with E-state index < -0.39 is 34.8 Å². The topological polar surface area (TPSA) is 108 Å². The number of alkyl halides is 3. The highest BCUT2D eigenvalue weighted by Gasteiger charge is 2.49. The Morgan fingerprint density at radius 2 is 1.90 bits per heavy atom. The van der Waals surface area contributed by atoms with Crippen molar-refractivity contribution < 1.29 is 28.2 Å². The van der Waals surface area contributed by atoms with E-state index in [0.29, 0.717) is 17.1 Å². The maximum absolute atomic E-state index is 13.2. The number of nitrogens with zero attached hydrogens (tertiary/aromatic N) is 3. The molecule has 3 aromatic rings. The van der Waals surface area contributed by atoms with Crippen molar-refractivity contribution in [2.45, 2.75) is 65.7 Å². The summed E-state index contributed by atoms with van der Waals surface area (Å²) in [6, 6.07) is 6.31. The smallest absolute Gasteiger partial charge is 0.433 e. The summed E-state index contributed by atoms with van der Waals surface area (Å²) < 4.78 is 39.5. The summed E-state index contributed by atoms with van der Waals surface area (Å²) in [6.07, 6.45) is 2.97. The van der Waals surface area contributed by atoms with Gasteiger partial charge in [0.2, 0.25) is 5.95 Å². The Morgan fingerprint density at radius 1 is 1.18 bits per heavy atom. The van der Waals surface area contributed by atoms with Crippen LogP contribution in [0.1, 0.15) is 70.1 Å². The molecule has 214 valence electrons. The number of hydrogen-bond donors (Lipinski definition) is 3. The molecule has 1 saturated carbocycles. The van der Waals surface area contributed by atoms with Crippen LogP contribution in [-0.2, 0) is 16.6 Å². The third-order valence-corrected chi connectivity index (χ3v) is 8.20. The van der Waals surface area contributed by atoms with E-state index in [4.69, 9.17) is 0 Å². The number of aromatic nitrogens is 3. The van der Waals surface area contributed by atoms with Gasteiger partial charge in [-0.05, 0) is 65.5 Å². The van der Waals surface area contributed by atoms with Gasteiger partial charge in [0, 0.05) is 18.1 Å². The minimum Gasteiger partial charge on any atom is -0.481 e. The van der Waals surface area contributed by atoms with E-state index in [1.54, 1.807) is 18.3 Å². The van der Waals surface area contributed by atoms with Crippen LogP contribution in [0.25, 0.3) is 16.5 Å². The molecule has 0 radical (unpaired) electrons. The molecule has 11 heteroatoms. The number of aliphatic hydroxyl groups is 1. The van der Waals surface area contributed by atoms with Gasteiger partial charge < -0.3 is 15.5 Å². The molecule has 2 heterocycles. The van der Waals surface area contributed by atoms with Gasteiger partial charge in [0.05, 0.1) is 10.8 Å². The fourth-order valence-electron chi connectivity index (χ4n) is 5.02. The Labute approximate surface area is 235 Å². The lowest BCUT2D eigenvalue weighted by molar-refractivity contribution is -0.154. The third-order valence-electron chi connectivity index (χ3n) is 6.96. The standard InChI is InChI=1S/C29H33F3N4O3S/c1-26(2,3)9-6-17-12-18(14-19(13-17)35-25-33-11-8-22(36-25)29(30,31)32)21-15-34-24(40-21)28(39)10-7-20(23(37)38)27(4,5)16-28/h6,8-9,11-15,20,39H,7,10,16H2,1-5H3,(H,37,38)(H,33,35,36)/b9-6-/t20-,28+/m0/s1. The van der Waals surface area contributed by atoms with Crippen molar-refractivity contribution in [3.05, 3.63) is 59.0 Å². The Kier molecular flexibility index (Phi) is 7.85. The van der Waals surface area contributed by atoms with Gasteiger partial charge in [-0.2, -0.15) is 13.2 Å². The van der Waals surface area contributed by atoms with Crippen LogP contribution in [0, 0.1) is 16.7 Å². The highest BCUT2D eigenvalue weighted by atomic mass is 32.1. The highest BCUT2D eigenvalue weighted by Crippen LogP contribution is 2.51. The second kappa shape index (κ2) is 10.6. The molecule has 0 saturated heterocycles. The van der Waals surface area contributed by atoms with Crippen molar-refractivity contribution in [3.8, 4) is 10.4 Å². The lowest BCUT2D eigenvalue weighted by Crippen LogP contribution is -2.44. The van der Waals surface area contributed by atoms with Crippen molar-refractivity contribution in [2.75, 3.05) is 5.32 Å². The lowest BCUT2D eigenvalue weighted by atomic mass is 9.63. The number of benzene rings is 1. The van der Waals surface area contributed by atoms with Crippen molar-refractivity contribution in [2.24, 2.45) is 16.7 Å². The van der Waals surface area contributed by atoms with Crippen LogP contribution >= 0.6 is 11.3 Å². The lowest BCUT2D eigenvalue weighted by Gasteiger charge is -2.44. The first-order valence-corrected chi connectivity index (χ1v) is 13.7. The quantitative estimate of drug-likeness (QED) is 0.279. The number of carbonyl (C=O) groups is 1. The summed E-state index contributed by atoms with van der Waals surface area (Å²) in [6.45, 7) is 9.87. The number of carboxylic acid groups (broad SMARTS) is 1. The van der Waals surface area contributed by atoms with E-state index in [9.17, 15) is 28.2 Å². The molecule has 4 rings (SSSR count). The molecule has 0 bridgehead atoms. The molecule has 0 unspecified atom stereocenters. The van der Waals surface area contributed by atoms with Crippen molar-refractivity contribution in [3.63, 3.8) is 0 Å². The molecule has 40 heavy (non-hydrogen) atoms. The summed E-state index contributed by atoms with van der Waals surface area (Å²) in [5.74, 6) is -1.60. The zero-order valence-corrected chi connectivity index (χ0v) is 23.8. The number of anilines is 2. The Bertz CT molecular complexity index is 1430. The molecule has 2 atom stereocenters. The predicted molar refractivity (Wildman–Crippen MR) is 149 cm³/mol. The maximum atomic E-state index is 13.2. The number of aliphatic carboxylic acids is 1. The average Bonchev–Trinajstić information content (AvgIpc) is 3.32. The third kappa shape index (κ3) is 6.87. The Hall–Kier alpha value is -3.31. The highest BCUT2D eigenvalue weighted by molar-refractivity contribution is 7.15. The van der Waals surface area contributed by atoms with Gasteiger partial charge in [-0.15, -0.1) is 11.3 Å². The number of carboxylic acids is 1. The molecule has 1 aliphatic carbocycles. The minimum atomic E-state index is -4.60. The number of thiazole rings is 1. The Balaban J connectivity index is 1.69. The first kappa shape index (κ1) is 29.7. The molecular weight excluding hydrogens is 541 g/mol. The number of allylic oxidation sites excluding steroid dienone is 1. The molecule has 0 aliphatic heterocycles. The molecule has 0 amide bonds. The number of hydrogen-bond acceptors (Lipinski definition) is 7. The van der Waals surface area contributed by atoms with E-state index in [0.717, 1.165) is 28.3 Å². The summed E-state index contributed by atoms with van der Waals surface area (Å²) >= 11 is 1.31. The molecular formula is C29H33F3N4O3S. The monoisotopic (exact) mass is 574 g/mol. The van der Waals surface area contributed by atoms with Crippen molar-refractivity contribution >= 4 is 35.0 Å². The molecule has 3 N–H and O–H groups in total. The molecule has 1 aliphatic rings. The molecule has 1 aromatic carbocycles. The van der Waals surface area contributed by atoms with Crippen LogP contribution in [0.2, 0.25) is 0 Å². The van der Waals surface area contributed by atoms with Crippen LogP contribution < -0.4 is 5.32 Å². The fourth-order valence-corrected chi connectivity index (χ4v) is 6.04. The summed E-state index contributed by atoms with van der Waals surface area (Å²) in [4.78, 5) is 24.5. The van der Waals surface area contributed by atoms with Gasteiger partial charge in [-0.1, -0.05) is 46.8 Å². The van der Waals surface area contributed by atoms with E-state index in [2.05, 4.69) is 41.0 Å². The Morgan fingerprint density at radius 3 is 2.52 bits per heavy atom. The molecule has 2 aromatic heterocycles. The first-order valence-electron chi connectivity index (χ1n) is 12.9.